The summed E-state index contributed by atoms with van der Waals surface area (Å²) < 4.78 is 5.39. The zero-order valence-corrected chi connectivity index (χ0v) is 12.8. The molecule has 3 aromatic rings. The summed E-state index contributed by atoms with van der Waals surface area (Å²) >= 11 is 0. The average molecular weight is 309 g/mol. The van der Waals surface area contributed by atoms with Crippen LogP contribution in [-0.2, 0) is 11.3 Å². The third-order valence-corrected chi connectivity index (χ3v) is 4.22. The monoisotopic (exact) mass is 309 g/mol. The Hall–Kier alpha value is -2.37. The van der Waals surface area contributed by atoms with Gasteiger partial charge in [0.25, 0.3) is 0 Å². The van der Waals surface area contributed by atoms with E-state index in [0.29, 0.717) is 5.82 Å². The Morgan fingerprint density at radius 2 is 1.96 bits per heavy atom. The molecule has 0 saturated carbocycles. The van der Waals surface area contributed by atoms with Crippen LogP contribution in [0, 0.1) is 0 Å². The molecule has 1 aliphatic rings. The van der Waals surface area contributed by atoms with E-state index in [1.165, 1.54) is 5.56 Å². The second-order valence-corrected chi connectivity index (χ2v) is 5.84. The summed E-state index contributed by atoms with van der Waals surface area (Å²) in [6.45, 7) is 4.32. The Bertz CT molecular complexity index is 789. The van der Waals surface area contributed by atoms with E-state index in [0.717, 1.165) is 49.4 Å². The van der Waals surface area contributed by atoms with E-state index in [-0.39, 0.29) is 5.75 Å². The molecule has 2 heterocycles. The molecule has 5 nitrogen and oxygen atoms in total. The highest BCUT2D eigenvalue weighted by Crippen LogP contribution is 2.30. The van der Waals surface area contributed by atoms with Gasteiger partial charge < -0.3 is 14.8 Å². The molecule has 0 spiro atoms. The maximum absolute atomic E-state index is 10.2. The van der Waals surface area contributed by atoms with Gasteiger partial charge in [0.05, 0.1) is 29.8 Å². The van der Waals surface area contributed by atoms with Crippen LogP contribution in [0.4, 0.5) is 0 Å². The smallest absolute Gasteiger partial charge is 0.142 e. The Labute approximate surface area is 134 Å². The number of aromatic amines is 1. The number of phenols is 1. The highest BCUT2D eigenvalue weighted by Gasteiger charge is 2.14. The van der Waals surface area contributed by atoms with Crippen molar-refractivity contribution < 1.29 is 9.84 Å². The van der Waals surface area contributed by atoms with E-state index in [9.17, 15) is 5.11 Å². The van der Waals surface area contributed by atoms with Crippen LogP contribution in [0.2, 0.25) is 0 Å². The second-order valence-electron chi connectivity index (χ2n) is 5.84. The van der Waals surface area contributed by atoms with E-state index in [1.54, 1.807) is 6.07 Å². The Balaban J connectivity index is 1.65. The van der Waals surface area contributed by atoms with Gasteiger partial charge in [-0.05, 0) is 29.8 Å². The summed E-state index contributed by atoms with van der Waals surface area (Å²) in [6, 6.07) is 13.6. The number of nitrogens with one attached hydrogen (secondary N) is 1. The quantitative estimate of drug-likeness (QED) is 0.781. The highest BCUT2D eigenvalue weighted by molar-refractivity contribution is 5.80. The Kier molecular flexibility index (Phi) is 3.73. The number of morpholine rings is 1. The first kappa shape index (κ1) is 14.2. The summed E-state index contributed by atoms with van der Waals surface area (Å²) in [5.74, 6) is 0.947. The fourth-order valence-electron chi connectivity index (χ4n) is 2.97. The lowest BCUT2D eigenvalue weighted by molar-refractivity contribution is 0.0342. The molecular weight excluding hydrogens is 290 g/mol. The summed E-state index contributed by atoms with van der Waals surface area (Å²) in [7, 11) is 0. The minimum absolute atomic E-state index is 0.245. The second kappa shape index (κ2) is 6.02. The van der Waals surface area contributed by atoms with E-state index < -0.39 is 0 Å². The number of imidazole rings is 1. The zero-order valence-electron chi connectivity index (χ0n) is 12.8. The molecule has 1 fully saturated rings. The number of ether oxygens (including phenoxy) is 1. The number of nitrogens with zero attached hydrogens (tertiary/aromatic N) is 2. The first-order valence-corrected chi connectivity index (χ1v) is 7.87. The van der Waals surface area contributed by atoms with E-state index >= 15 is 0 Å². The van der Waals surface area contributed by atoms with Crippen molar-refractivity contribution in [3.8, 4) is 17.1 Å². The first-order valence-electron chi connectivity index (χ1n) is 7.87. The van der Waals surface area contributed by atoms with E-state index in [2.05, 4.69) is 14.9 Å². The molecule has 4 rings (SSSR count). The largest absolute Gasteiger partial charge is 0.507 e. The number of aromatic hydroxyl groups is 1. The molecule has 0 bridgehead atoms. The Morgan fingerprint density at radius 1 is 1.13 bits per heavy atom. The zero-order chi connectivity index (χ0) is 15.6. The number of hydrogen-bond acceptors (Lipinski definition) is 4. The molecule has 1 aliphatic heterocycles. The van der Waals surface area contributed by atoms with Crippen LogP contribution in [0.3, 0.4) is 0 Å². The molecule has 5 heteroatoms. The summed E-state index contributed by atoms with van der Waals surface area (Å²) in [5.41, 5.74) is 3.79. The Morgan fingerprint density at radius 3 is 2.78 bits per heavy atom. The first-order chi connectivity index (χ1) is 11.3. The van der Waals surface area contributed by atoms with Crippen molar-refractivity contribution in [1.29, 1.82) is 0 Å². The summed E-state index contributed by atoms with van der Waals surface area (Å²) in [4.78, 5) is 10.2. The normalized spacial score (nSPS) is 16.0. The van der Waals surface area contributed by atoms with Crippen LogP contribution >= 0.6 is 0 Å². The van der Waals surface area contributed by atoms with Gasteiger partial charge in [-0.25, -0.2) is 4.98 Å². The van der Waals surface area contributed by atoms with Gasteiger partial charge in [0.15, 0.2) is 0 Å². The van der Waals surface area contributed by atoms with Gasteiger partial charge >= 0.3 is 0 Å². The number of hydrogen-bond donors (Lipinski definition) is 2. The standard InChI is InChI=1S/C18H19N3O2/c22-17-6-5-13(12-21-7-9-23-10-8-21)11-14(17)18-19-15-3-1-2-4-16(15)20-18/h1-6,11,22H,7-10,12H2,(H,19,20). The topological polar surface area (TPSA) is 61.4 Å². The van der Waals surface area contributed by atoms with Gasteiger partial charge in [-0.1, -0.05) is 18.2 Å². The van der Waals surface area contributed by atoms with E-state index in [4.69, 9.17) is 4.74 Å². The van der Waals surface area contributed by atoms with Gasteiger partial charge in [0, 0.05) is 19.6 Å². The van der Waals surface area contributed by atoms with Crippen LogP contribution in [0.1, 0.15) is 5.56 Å². The molecule has 0 unspecified atom stereocenters. The van der Waals surface area contributed by atoms with Gasteiger partial charge in [0.2, 0.25) is 0 Å². The summed E-state index contributed by atoms with van der Waals surface area (Å²) in [5, 5.41) is 10.2. The van der Waals surface area contributed by atoms with Crippen LogP contribution in [0.5, 0.6) is 5.75 Å². The van der Waals surface area contributed by atoms with Gasteiger partial charge in [-0.2, -0.15) is 0 Å². The predicted octanol–water partition coefficient (Wildman–Crippen LogP) is 2.77. The van der Waals surface area contributed by atoms with Crippen molar-refractivity contribution >= 4 is 11.0 Å². The number of aromatic nitrogens is 2. The third kappa shape index (κ3) is 2.93. The van der Waals surface area contributed by atoms with Crippen molar-refractivity contribution in [2.75, 3.05) is 26.3 Å². The maximum atomic E-state index is 10.2. The molecule has 1 saturated heterocycles. The van der Waals surface area contributed by atoms with Crippen LogP contribution in [-0.4, -0.2) is 46.3 Å². The highest BCUT2D eigenvalue weighted by atomic mass is 16.5. The minimum atomic E-state index is 0.245. The van der Waals surface area contributed by atoms with Crippen LogP contribution in [0.15, 0.2) is 42.5 Å². The molecule has 1 aromatic heterocycles. The molecule has 23 heavy (non-hydrogen) atoms. The molecule has 118 valence electrons. The number of fused-ring (bicyclic) bond motifs is 1. The van der Waals surface area contributed by atoms with Gasteiger partial charge in [0.1, 0.15) is 11.6 Å². The van der Waals surface area contributed by atoms with Crippen molar-refractivity contribution in [2.24, 2.45) is 0 Å². The molecule has 0 radical (unpaired) electrons. The number of phenolic OH excluding ortho intramolecular Hbond substituents is 1. The van der Waals surface area contributed by atoms with E-state index in [1.807, 2.05) is 36.4 Å². The number of rotatable bonds is 3. The van der Waals surface area contributed by atoms with Gasteiger partial charge in [-0.15, -0.1) is 0 Å². The molecule has 0 aliphatic carbocycles. The summed E-state index contributed by atoms with van der Waals surface area (Å²) in [6.07, 6.45) is 0. The fraction of sp³-hybridized carbons (Fsp3) is 0.278. The fourth-order valence-corrected chi connectivity index (χ4v) is 2.97. The molecule has 2 N–H and O–H groups in total. The third-order valence-electron chi connectivity index (χ3n) is 4.22. The van der Waals surface area contributed by atoms with Crippen molar-refractivity contribution in [3.63, 3.8) is 0 Å². The van der Waals surface area contributed by atoms with Crippen molar-refractivity contribution in [2.45, 2.75) is 6.54 Å². The maximum Gasteiger partial charge on any atom is 0.142 e. The molecule has 0 amide bonds. The minimum Gasteiger partial charge on any atom is -0.507 e. The molecule has 0 atom stereocenters. The lowest BCUT2D eigenvalue weighted by Crippen LogP contribution is -2.35. The number of benzene rings is 2. The number of para-hydroxylation sites is 2. The predicted molar refractivity (Wildman–Crippen MR) is 89.3 cm³/mol. The van der Waals surface area contributed by atoms with Crippen LogP contribution < -0.4 is 0 Å². The number of H-pyrrole nitrogens is 1. The lowest BCUT2D eigenvalue weighted by atomic mass is 10.1. The van der Waals surface area contributed by atoms with Crippen molar-refractivity contribution in [1.82, 2.24) is 14.9 Å². The van der Waals surface area contributed by atoms with Gasteiger partial charge in [-0.3, -0.25) is 4.90 Å². The molecular formula is C18H19N3O2. The van der Waals surface area contributed by atoms with Crippen molar-refractivity contribution in [3.05, 3.63) is 48.0 Å². The molecule has 2 aromatic carbocycles. The SMILES string of the molecule is Oc1ccc(CN2CCOCC2)cc1-c1nc2ccccc2[nH]1. The van der Waals surface area contributed by atoms with Crippen LogP contribution in [0.25, 0.3) is 22.4 Å². The lowest BCUT2D eigenvalue weighted by Gasteiger charge is -2.26. The average Bonchev–Trinajstić information content (AvgIpc) is 3.01.